The van der Waals surface area contributed by atoms with Crippen molar-refractivity contribution >= 4 is 11.9 Å². The zero-order valence-corrected chi connectivity index (χ0v) is 12.4. The maximum Gasteiger partial charge on any atom is 0.410 e. The molecular formula is C14H24N4O2. The number of carbonyl (C=O) groups excluding carboxylic acids is 1. The maximum atomic E-state index is 11.5. The number of rotatable bonds is 0. The Bertz CT molecular complexity index is 397. The summed E-state index contributed by atoms with van der Waals surface area (Å²) in [6, 6.07) is 5.43. The number of hydrogen-bond acceptors (Lipinski definition) is 5. The van der Waals surface area contributed by atoms with Crippen LogP contribution in [0.15, 0.2) is 24.4 Å². The van der Waals surface area contributed by atoms with Crippen LogP contribution < -0.4 is 11.1 Å². The minimum atomic E-state index is -0.387. The quantitative estimate of drug-likeness (QED) is 0.752. The summed E-state index contributed by atoms with van der Waals surface area (Å²) in [7, 11) is 0. The van der Waals surface area contributed by atoms with E-state index in [4.69, 9.17) is 10.5 Å². The first-order valence-corrected chi connectivity index (χ1v) is 6.73. The zero-order valence-electron chi connectivity index (χ0n) is 12.4. The lowest BCUT2D eigenvalue weighted by Crippen LogP contribution is -2.48. The number of nitrogen functional groups attached to an aromatic ring is 1. The van der Waals surface area contributed by atoms with Crippen LogP contribution in [-0.2, 0) is 4.74 Å². The van der Waals surface area contributed by atoms with Gasteiger partial charge in [0.1, 0.15) is 11.4 Å². The van der Waals surface area contributed by atoms with Crippen LogP contribution in [0.1, 0.15) is 20.8 Å². The summed E-state index contributed by atoms with van der Waals surface area (Å²) in [6.07, 6.45) is 1.46. The van der Waals surface area contributed by atoms with E-state index in [1.165, 1.54) is 0 Å². The Morgan fingerprint density at radius 1 is 1.35 bits per heavy atom. The van der Waals surface area contributed by atoms with Crippen molar-refractivity contribution in [2.75, 3.05) is 31.9 Å². The molecule has 1 fully saturated rings. The van der Waals surface area contributed by atoms with Gasteiger partial charge in [-0.2, -0.15) is 0 Å². The molecule has 1 aromatic rings. The molecule has 2 heterocycles. The molecule has 112 valence electrons. The van der Waals surface area contributed by atoms with Gasteiger partial charge in [0.25, 0.3) is 0 Å². The Morgan fingerprint density at radius 3 is 2.40 bits per heavy atom. The molecule has 1 aromatic heterocycles. The topological polar surface area (TPSA) is 80.5 Å². The van der Waals surface area contributed by atoms with Gasteiger partial charge < -0.3 is 20.7 Å². The minimum Gasteiger partial charge on any atom is -0.444 e. The molecule has 0 bridgehead atoms. The fourth-order valence-corrected chi connectivity index (χ4v) is 1.55. The molecule has 0 unspecified atom stereocenters. The van der Waals surface area contributed by atoms with Gasteiger partial charge in [-0.05, 0) is 32.9 Å². The number of hydrogen-bond donors (Lipinski definition) is 2. The van der Waals surface area contributed by atoms with Gasteiger partial charge in [0, 0.05) is 32.4 Å². The predicted molar refractivity (Wildman–Crippen MR) is 79.3 cm³/mol. The molecule has 6 nitrogen and oxygen atoms in total. The monoisotopic (exact) mass is 280 g/mol. The highest BCUT2D eigenvalue weighted by Crippen LogP contribution is 2.09. The third-order valence-corrected chi connectivity index (χ3v) is 2.46. The summed E-state index contributed by atoms with van der Waals surface area (Å²) in [5.74, 6) is 0.572. The number of piperazine rings is 1. The molecule has 3 N–H and O–H groups in total. The average molecular weight is 280 g/mol. The van der Waals surface area contributed by atoms with E-state index >= 15 is 0 Å². The fourth-order valence-electron chi connectivity index (χ4n) is 1.55. The van der Waals surface area contributed by atoms with Crippen LogP contribution in [0, 0.1) is 0 Å². The molecule has 0 radical (unpaired) electrons. The van der Waals surface area contributed by atoms with Gasteiger partial charge in [0.05, 0.1) is 0 Å². The Morgan fingerprint density at radius 2 is 2.00 bits per heavy atom. The van der Waals surface area contributed by atoms with E-state index in [2.05, 4.69) is 10.3 Å². The second-order valence-electron chi connectivity index (χ2n) is 5.47. The Labute approximate surface area is 120 Å². The number of anilines is 1. The van der Waals surface area contributed by atoms with Crippen LogP contribution >= 0.6 is 0 Å². The molecule has 1 aliphatic rings. The van der Waals surface area contributed by atoms with Gasteiger partial charge in [-0.1, -0.05) is 6.07 Å². The lowest BCUT2D eigenvalue weighted by atomic mass is 10.2. The molecule has 2 rings (SSSR count). The number of nitrogens with zero attached hydrogens (tertiary/aromatic N) is 2. The van der Waals surface area contributed by atoms with E-state index in [-0.39, 0.29) is 11.7 Å². The Kier molecular flexibility index (Phi) is 6.24. The number of carbonyl (C=O) groups is 1. The predicted octanol–water partition coefficient (Wildman–Crippen LogP) is 1.49. The Hall–Kier alpha value is -1.82. The van der Waals surface area contributed by atoms with Crippen LogP contribution in [0.2, 0.25) is 0 Å². The molecule has 0 aromatic carbocycles. The van der Waals surface area contributed by atoms with Crippen molar-refractivity contribution in [2.45, 2.75) is 26.4 Å². The summed E-state index contributed by atoms with van der Waals surface area (Å²) in [5.41, 5.74) is 4.86. The number of nitrogens with one attached hydrogen (secondary N) is 1. The van der Waals surface area contributed by atoms with Gasteiger partial charge in [-0.25, -0.2) is 9.78 Å². The van der Waals surface area contributed by atoms with Crippen molar-refractivity contribution in [1.29, 1.82) is 0 Å². The first kappa shape index (κ1) is 16.2. The molecule has 1 saturated heterocycles. The number of amides is 1. The van der Waals surface area contributed by atoms with Gasteiger partial charge in [-0.15, -0.1) is 0 Å². The first-order valence-electron chi connectivity index (χ1n) is 6.73. The van der Waals surface area contributed by atoms with Crippen molar-refractivity contribution in [1.82, 2.24) is 15.2 Å². The normalized spacial score (nSPS) is 15.1. The second-order valence-corrected chi connectivity index (χ2v) is 5.47. The summed E-state index contributed by atoms with van der Waals surface area (Å²) >= 11 is 0. The molecule has 6 heteroatoms. The van der Waals surface area contributed by atoms with E-state index in [1.807, 2.05) is 32.9 Å². The van der Waals surface area contributed by atoms with Crippen LogP contribution in [0.3, 0.4) is 0 Å². The van der Waals surface area contributed by atoms with Gasteiger partial charge in [0.15, 0.2) is 0 Å². The molecule has 20 heavy (non-hydrogen) atoms. The molecule has 0 saturated carbocycles. The van der Waals surface area contributed by atoms with E-state index in [0.29, 0.717) is 5.82 Å². The Balaban J connectivity index is 0.000000240. The summed E-state index contributed by atoms with van der Waals surface area (Å²) < 4.78 is 5.24. The summed E-state index contributed by atoms with van der Waals surface area (Å²) in [4.78, 5) is 17.0. The largest absolute Gasteiger partial charge is 0.444 e. The summed E-state index contributed by atoms with van der Waals surface area (Å²) in [5, 5.41) is 3.18. The summed E-state index contributed by atoms with van der Waals surface area (Å²) in [6.45, 7) is 8.86. The van der Waals surface area contributed by atoms with Crippen LogP contribution in [0.25, 0.3) is 0 Å². The van der Waals surface area contributed by atoms with E-state index < -0.39 is 0 Å². The number of pyridine rings is 1. The zero-order chi connectivity index (χ0) is 15.0. The standard InChI is InChI=1S/C9H18N2O2.C5H6N2/c1-9(2,3)13-8(12)11-6-4-10-5-7-11;6-5-3-1-2-4-7-5/h10H,4-7H2,1-3H3;1-4H,(H2,6,7). The van der Waals surface area contributed by atoms with Crippen molar-refractivity contribution in [3.05, 3.63) is 24.4 Å². The fraction of sp³-hybridized carbons (Fsp3) is 0.571. The van der Waals surface area contributed by atoms with Crippen LogP contribution in [0.4, 0.5) is 10.6 Å². The molecule has 0 spiro atoms. The van der Waals surface area contributed by atoms with E-state index in [1.54, 1.807) is 17.2 Å². The first-order chi connectivity index (χ1) is 9.38. The van der Waals surface area contributed by atoms with Gasteiger partial charge in [-0.3, -0.25) is 0 Å². The van der Waals surface area contributed by atoms with Crippen molar-refractivity contribution in [3.8, 4) is 0 Å². The molecular weight excluding hydrogens is 256 g/mol. The molecule has 0 atom stereocenters. The number of aromatic nitrogens is 1. The highest BCUT2D eigenvalue weighted by Gasteiger charge is 2.22. The van der Waals surface area contributed by atoms with Crippen LogP contribution in [0.5, 0.6) is 0 Å². The smallest absolute Gasteiger partial charge is 0.410 e. The number of nitrogens with two attached hydrogens (primary N) is 1. The third-order valence-electron chi connectivity index (χ3n) is 2.46. The minimum absolute atomic E-state index is 0.200. The lowest BCUT2D eigenvalue weighted by molar-refractivity contribution is 0.0229. The third kappa shape index (κ3) is 6.94. The van der Waals surface area contributed by atoms with E-state index in [9.17, 15) is 4.79 Å². The average Bonchev–Trinajstić information content (AvgIpc) is 2.39. The van der Waals surface area contributed by atoms with Crippen molar-refractivity contribution < 1.29 is 9.53 Å². The van der Waals surface area contributed by atoms with Crippen molar-refractivity contribution in [3.63, 3.8) is 0 Å². The highest BCUT2D eigenvalue weighted by atomic mass is 16.6. The van der Waals surface area contributed by atoms with Gasteiger partial charge in [0.2, 0.25) is 0 Å². The molecule has 1 amide bonds. The molecule has 1 aliphatic heterocycles. The molecule has 0 aliphatic carbocycles. The lowest BCUT2D eigenvalue weighted by Gasteiger charge is -2.30. The van der Waals surface area contributed by atoms with Gasteiger partial charge >= 0.3 is 6.09 Å². The number of ether oxygens (including phenoxy) is 1. The van der Waals surface area contributed by atoms with Crippen LogP contribution in [-0.4, -0.2) is 47.8 Å². The second kappa shape index (κ2) is 7.69. The van der Waals surface area contributed by atoms with Crippen molar-refractivity contribution in [2.24, 2.45) is 0 Å². The maximum absolute atomic E-state index is 11.5. The van der Waals surface area contributed by atoms with E-state index in [0.717, 1.165) is 26.2 Å². The SMILES string of the molecule is CC(C)(C)OC(=O)N1CCNCC1.Nc1ccccn1. The highest BCUT2D eigenvalue weighted by molar-refractivity contribution is 5.68.